The SMILES string of the molecule is CCOC(=O)C(C(=O)OCC)(C(=O)c1cccnc1)c1ccc([N+](=O)[O-])cc1. The molecule has 0 aliphatic carbocycles. The molecule has 0 fully saturated rings. The first-order valence-electron chi connectivity index (χ1n) is 8.43. The van der Waals surface area contributed by atoms with Crippen LogP contribution in [-0.4, -0.2) is 40.8 Å². The molecule has 0 unspecified atom stereocenters. The molecular formula is C19H18N2O7. The Balaban J connectivity index is 2.75. The molecule has 9 nitrogen and oxygen atoms in total. The smallest absolute Gasteiger partial charge is 0.336 e. The Kier molecular flexibility index (Phi) is 6.54. The van der Waals surface area contributed by atoms with Crippen molar-refractivity contribution < 1.29 is 28.8 Å². The van der Waals surface area contributed by atoms with E-state index in [1.54, 1.807) is 0 Å². The summed E-state index contributed by atoms with van der Waals surface area (Å²) in [7, 11) is 0. The van der Waals surface area contributed by atoms with Gasteiger partial charge in [-0.1, -0.05) is 0 Å². The predicted octanol–water partition coefficient (Wildman–Crippen LogP) is 2.24. The van der Waals surface area contributed by atoms with Gasteiger partial charge in [0.1, 0.15) is 0 Å². The van der Waals surface area contributed by atoms with E-state index in [4.69, 9.17) is 9.47 Å². The van der Waals surface area contributed by atoms with Crippen molar-refractivity contribution in [3.8, 4) is 0 Å². The van der Waals surface area contributed by atoms with E-state index in [1.807, 2.05) is 0 Å². The molecular weight excluding hydrogens is 368 g/mol. The van der Waals surface area contributed by atoms with E-state index in [-0.39, 0.29) is 30.0 Å². The fourth-order valence-corrected chi connectivity index (χ4v) is 2.66. The Bertz CT molecular complexity index is 861. The van der Waals surface area contributed by atoms with Crippen LogP contribution in [0, 0.1) is 10.1 Å². The number of nitro groups is 1. The summed E-state index contributed by atoms with van der Waals surface area (Å²) >= 11 is 0. The number of carbonyl (C=O) groups excluding carboxylic acids is 3. The summed E-state index contributed by atoms with van der Waals surface area (Å²) in [4.78, 5) is 53.3. The van der Waals surface area contributed by atoms with E-state index in [2.05, 4.69) is 4.98 Å². The van der Waals surface area contributed by atoms with Crippen LogP contribution in [-0.2, 0) is 24.5 Å². The third-order valence-corrected chi connectivity index (χ3v) is 3.94. The normalized spacial score (nSPS) is 10.8. The van der Waals surface area contributed by atoms with Gasteiger partial charge in [0.2, 0.25) is 0 Å². The van der Waals surface area contributed by atoms with Crippen molar-refractivity contribution in [2.75, 3.05) is 13.2 Å². The van der Waals surface area contributed by atoms with E-state index in [0.717, 1.165) is 12.1 Å². The lowest BCUT2D eigenvalue weighted by molar-refractivity contribution is -0.384. The van der Waals surface area contributed by atoms with Gasteiger partial charge in [-0.3, -0.25) is 19.9 Å². The summed E-state index contributed by atoms with van der Waals surface area (Å²) < 4.78 is 10.1. The van der Waals surface area contributed by atoms with Gasteiger partial charge < -0.3 is 9.47 Å². The second-order valence-corrected chi connectivity index (χ2v) is 5.57. The first-order chi connectivity index (χ1) is 13.4. The average Bonchev–Trinajstić information content (AvgIpc) is 2.70. The van der Waals surface area contributed by atoms with Crippen LogP contribution in [0.3, 0.4) is 0 Å². The van der Waals surface area contributed by atoms with Crippen LogP contribution in [0.15, 0.2) is 48.8 Å². The monoisotopic (exact) mass is 386 g/mol. The van der Waals surface area contributed by atoms with Crippen LogP contribution in [0.25, 0.3) is 0 Å². The van der Waals surface area contributed by atoms with Crippen LogP contribution in [0.5, 0.6) is 0 Å². The number of hydrogen-bond donors (Lipinski definition) is 0. The van der Waals surface area contributed by atoms with Gasteiger partial charge in [-0.15, -0.1) is 0 Å². The summed E-state index contributed by atoms with van der Waals surface area (Å²) in [5.74, 6) is -3.15. The molecule has 0 saturated heterocycles. The van der Waals surface area contributed by atoms with Crippen molar-refractivity contribution in [2.45, 2.75) is 19.3 Å². The summed E-state index contributed by atoms with van der Waals surface area (Å²) in [5, 5.41) is 10.9. The minimum atomic E-state index is -2.47. The van der Waals surface area contributed by atoms with Crippen LogP contribution in [0.2, 0.25) is 0 Å². The zero-order chi connectivity index (χ0) is 20.7. The van der Waals surface area contributed by atoms with Gasteiger partial charge in [0, 0.05) is 30.1 Å². The average molecular weight is 386 g/mol. The molecule has 9 heteroatoms. The van der Waals surface area contributed by atoms with E-state index in [9.17, 15) is 24.5 Å². The maximum atomic E-state index is 13.3. The summed E-state index contributed by atoms with van der Waals surface area (Å²) in [5.41, 5.74) is -2.84. The number of nitro benzene ring substituents is 1. The largest absolute Gasteiger partial charge is 0.465 e. The summed E-state index contributed by atoms with van der Waals surface area (Å²) in [6.45, 7) is 2.87. The van der Waals surface area contributed by atoms with Gasteiger partial charge in [-0.2, -0.15) is 0 Å². The van der Waals surface area contributed by atoms with Gasteiger partial charge in [0.15, 0.2) is 5.78 Å². The third kappa shape index (κ3) is 3.73. The maximum absolute atomic E-state index is 13.3. The number of ether oxygens (including phenoxy) is 2. The maximum Gasteiger partial charge on any atom is 0.336 e. The number of esters is 2. The molecule has 0 N–H and O–H groups in total. The lowest BCUT2D eigenvalue weighted by Gasteiger charge is -2.28. The Hall–Kier alpha value is -3.62. The standard InChI is InChI=1S/C19H18N2O7/c1-3-27-17(23)19(18(24)28-4-2,16(22)13-6-5-11-20-12-13)14-7-9-15(10-8-14)21(25)26/h5-12H,3-4H2,1-2H3. The number of non-ortho nitro benzene ring substituents is 1. The quantitative estimate of drug-likeness (QED) is 0.222. The number of carbonyl (C=O) groups is 3. The van der Waals surface area contributed by atoms with Crippen molar-refractivity contribution in [3.05, 3.63) is 70.0 Å². The van der Waals surface area contributed by atoms with Gasteiger partial charge in [0.05, 0.1) is 18.1 Å². The first kappa shape index (κ1) is 20.7. The number of ketones is 1. The van der Waals surface area contributed by atoms with Crippen molar-refractivity contribution in [1.82, 2.24) is 4.98 Å². The van der Waals surface area contributed by atoms with Crippen molar-refractivity contribution in [3.63, 3.8) is 0 Å². The lowest BCUT2D eigenvalue weighted by Crippen LogP contribution is -2.52. The first-order valence-corrected chi connectivity index (χ1v) is 8.43. The second kappa shape index (κ2) is 8.85. The van der Waals surface area contributed by atoms with Gasteiger partial charge in [-0.25, -0.2) is 9.59 Å². The topological polar surface area (TPSA) is 126 Å². The highest BCUT2D eigenvalue weighted by molar-refractivity contribution is 6.30. The Labute approximate surface area is 160 Å². The Morgan fingerprint density at radius 1 is 1.04 bits per heavy atom. The molecule has 146 valence electrons. The molecule has 1 aromatic carbocycles. The molecule has 0 aliphatic rings. The molecule has 0 amide bonds. The highest BCUT2D eigenvalue weighted by Gasteiger charge is 2.57. The molecule has 0 bridgehead atoms. The zero-order valence-corrected chi connectivity index (χ0v) is 15.3. The van der Waals surface area contributed by atoms with Crippen LogP contribution in [0.1, 0.15) is 29.8 Å². The molecule has 2 rings (SSSR count). The fourth-order valence-electron chi connectivity index (χ4n) is 2.66. The van der Waals surface area contributed by atoms with E-state index in [1.165, 1.54) is 50.5 Å². The molecule has 0 saturated carbocycles. The Morgan fingerprint density at radius 2 is 1.61 bits per heavy atom. The number of aromatic nitrogens is 1. The van der Waals surface area contributed by atoms with Gasteiger partial charge in [0.25, 0.3) is 11.1 Å². The van der Waals surface area contributed by atoms with Gasteiger partial charge in [-0.05, 0) is 43.7 Å². The number of pyridine rings is 1. The van der Waals surface area contributed by atoms with Crippen LogP contribution < -0.4 is 0 Å². The van der Waals surface area contributed by atoms with Crippen molar-refractivity contribution in [1.29, 1.82) is 0 Å². The molecule has 0 radical (unpaired) electrons. The summed E-state index contributed by atoms with van der Waals surface area (Å²) in [6.07, 6.45) is 2.64. The van der Waals surface area contributed by atoms with Crippen molar-refractivity contribution in [2.24, 2.45) is 0 Å². The molecule has 2 aromatic rings. The number of rotatable bonds is 8. The number of Topliss-reactive ketones (excluding diaryl/α,β-unsaturated/α-hetero) is 1. The number of nitrogens with zero attached hydrogens (tertiary/aromatic N) is 2. The van der Waals surface area contributed by atoms with Crippen LogP contribution in [0.4, 0.5) is 5.69 Å². The van der Waals surface area contributed by atoms with E-state index in [0.29, 0.717) is 0 Å². The lowest BCUT2D eigenvalue weighted by atomic mass is 9.74. The molecule has 1 aromatic heterocycles. The number of benzene rings is 1. The molecule has 0 aliphatic heterocycles. The molecule has 28 heavy (non-hydrogen) atoms. The highest BCUT2D eigenvalue weighted by Crippen LogP contribution is 2.33. The second-order valence-electron chi connectivity index (χ2n) is 5.57. The van der Waals surface area contributed by atoms with E-state index >= 15 is 0 Å². The Morgan fingerprint density at radius 3 is 2.04 bits per heavy atom. The minimum absolute atomic E-state index is 0.0121. The fraction of sp³-hybridized carbons (Fsp3) is 0.263. The highest BCUT2D eigenvalue weighted by atomic mass is 16.6. The molecule has 1 heterocycles. The summed E-state index contributed by atoms with van der Waals surface area (Å²) in [6, 6.07) is 7.40. The van der Waals surface area contributed by atoms with E-state index < -0.39 is 28.1 Å². The molecule has 0 atom stereocenters. The van der Waals surface area contributed by atoms with Gasteiger partial charge >= 0.3 is 11.9 Å². The predicted molar refractivity (Wildman–Crippen MR) is 96.6 cm³/mol. The van der Waals surface area contributed by atoms with Crippen LogP contribution >= 0.6 is 0 Å². The third-order valence-electron chi connectivity index (χ3n) is 3.94. The zero-order valence-electron chi connectivity index (χ0n) is 15.3. The molecule has 0 spiro atoms. The van der Waals surface area contributed by atoms with Crippen molar-refractivity contribution >= 4 is 23.4 Å². The number of hydrogen-bond acceptors (Lipinski definition) is 8. The minimum Gasteiger partial charge on any atom is -0.465 e.